The number of benzene rings is 2. The van der Waals surface area contributed by atoms with E-state index in [-0.39, 0.29) is 17.3 Å². The average molecular weight is 300 g/mol. The predicted molar refractivity (Wildman–Crippen MR) is 82.3 cm³/mol. The Labute approximate surface area is 126 Å². The smallest absolute Gasteiger partial charge is 0.234 e. The summed E-state index contributed by atoms with van der Waals surface area (Å²) < 4.78 is 13.4. The molecule has 0 unspecified atom stereocenters. The summed E-state index contributed by atoms with van der Waals surface area (Å²) in [6.07, 6.45) is 0. The number of anilines is 1. The Hall–Kier alpha value is -2.32. The van der Waals surface area contributed by atoms with Crippen LogP contribution >= 0.6 is 11.8 Å². The van der Waals surface area contributed by atoms with E-state index < -0.39 is 5.82 Å². The molecule has 106 valence electrons. The van der Waals surface area contributed by atoms with Crippen molar-refractivity contribution in [3.63, 3.8) is 0 Å². The van der Waals surface area contributed by atoms with E-state index in [1.165, 1.54) is 23.9 Å². The van der Waals surface area contributed by atoms with Gasteiger partial charge in [-0.05, 0) is 29.8 Å². The maximum absolute atomic E-state index is 13.4. The summed E-state index contributed by atoms with van der Waals surface area (Å²) in [5, 5.41) is 11.2. The van der Waals surface area contributed by atoms with Crippen LogP contribution in [0.4, 0.5) is 10.1 Å². The molecule has 0 atom stereocenters. The van der Waals surface area contributed by atoms with Crippen LogP contribution in [0.15, 0.2) is 48.5 Å². The fourth-order valence-electron chi connectivity index (χ4n) is 1.69. The molecule has 1 N–H and O–H groups in total. The highest BCUT2D eigenvalue weighted by molar-refractivity contribution is 7.99. The summed E-state index contributed by atoms with van der Waals surface area (Å²) in [6.45, 7) is 0. The van der Waals surface area contributed by atoms with E-state index in [1.54, 1.807) is 24.3 Å². The standard InChI is InChI=1S/C16H13FN2OS/c17-14-3-1-2-4-15(14)19-16(20)11-21-10-13-7-5-12(9-18)6-8-13/h1-8H,10-11H2,(H,19,20). The van der Waals surface area contributed by atoms with Crippen LogP contribution in [-0.2, 0) is 10.5 Å². The lowest BCUT2D eigenvalue weighted by atomic mass is 10.2. The van der Waals surface area contributed by atoms with Gasteiger partial charge < -0.3 is 5.32 Å². The molecule has 5 heteroatoms. The summed E-state index contributed by atoms with van der Waals surface area (Å²) in [5.41, 5.74) is 1.85. The van der Waals surface area contributed by atoms with Gasteiger partial charge in [0.15, 0.2) is 0 Å². The SMILES string of the molecule is N#Cc1ccc(CSCC(=O)Nc2ccccc2F)cc1. The summed E-state index contributed by atoms with van der Waals surface area (Å²) in [4.78, 5) is 11.7. The number of rotatable bonds is 5. The molecule has 2 aromatic carbocycles. The maximum Gasteiger partial charge on any atom is 0.234 e. The van der Waals surface area contributed by atoms with Crippen LogP contribution in [0.25, 0.3) is 0 Å². The second kappa shape index (κ2) is 7.46. The van der Waals surface area contributed by atoms with Crippen molar-refractivity contribution >= 4 is 23.4 Å². The second-order valence-corrected chi connectivity index (χ2v) is 5.32. The number of carbonyl (C=O) groups is 1. The van der Waals surface area contributed by atoms with Gasteiger partial charge in [-0.3, -0.25) is 4.79 Å². The van der Waals surface area contributed by atoms with Gasteiger partial charge in [-0.1, -0.05) is 24.3 Å². The summed E-state index contributed by atoms with van der Waals surface area (Å²) >= 11 is 1.44. The van der Waals surface area contributed by atoms with Crippen molar-refractivity contribution in [2.45, 2.75) is 5.75 Å². The molecule has 2 rings (SSSR count). The van der Waals surface area contributed by atoms with Crippen LogP contribution in [-0.4, -0.2) is 11.7 Å². The number of para-hydroxylation sites is 1. The highest BCUT2D eigenvalue weighted by Crippen LogP contribution is 2.15. The zero-order valence-electron chi connectivity index (χ0n) is 11.2. The molecule has 0 aliphatic rings. The van der Waals surface area contributed by atoms with Crippen molar-refractivity contribution in [1.29, 1.82) is 5.26 Å². The minimum atomic E-state index is -0.442. The first-order chi connectivity index (χ1) is 10.2. The van der Waals surface area contributed by atoms with Gasteiger partial charge in [-0.2, -0.15) is 5.26 Å². The number of carbonyl (C=O) groups excluding carboxylic acids is 1. The second-order valence-electron chi connectivity index (χ2n) is 4.33. The summed E-state index contributed by atoms with van der Waals surface area (Å²) in [7, 11) is 0. The van der Waals surface area contributed by atoms with E-state index in [2.05, 4.69) is 11.4 Å². The van der Waals surface area contributed by atoms with Crippen LogP contribution in [0.2, 0.25) is 0 Å². The Morgan fingerprint density at radius 2 is 1.90 bits per heavy atom. The molecule has 0 aliphatic carbocycles. The molecule has 0 bridgehead atoms. The van der Waals surface area contributed by atoms with E-state index in [0.29, 0.717) is 11.3 Å². The molecular formula is C16H13FN2OS. The number of hydrogen-bond acceptors (Lipinski definition) is 3. The number of nitrogens with zero attached hydrogens (tertiary/aromatic N) is 1. The van der Waals surface area contributed by atoms with Crippen LogP contribution in [0.5, 0.6) is 0 Å². The lowest BCUT2D eigenvalue weighted by Gasteiger charge is -2.06. The topological polar surface area (TPSA) is 52.9 Å². The normalized spacial score (nSPS) is 9.90. The molecular weight excluding hydrogens is 287 g/mol. The molecule has 0 aliphatic heterocycles. The number of hydrogen-bond donors (Lipinski definition) is 1. The molecule has 1 amide bonds. The molecule has 0 aromatic heterocycles. The number of nitrogens with one attached hydrogen (secondary N) is 1. The third kappa shape index (κ3) is 4.62. The van der Waals surface area contributed by atoms with Crippen LogP contribution in [0, 0.1) is 17.1 Å². The number of amides is 1. The fourth-order valence-corrected chi connectivity index (χ4v) is 2.47. The first-order valence-electron chi connectivity index (χ1n) is 6.30. The molecule has 0 saturated carbocycles. The number of thioether (sulfide) groups is 1. The van der Waals surface area contributed by atoms with E-state index >= 15 is 0 Å². The van der Waals surface area contributed by atoms with E-state index in [1.807, 2.05) is 12.1 Å². The van der Waals surface area contributed by atoms with Crippen molar-refractivity contribution < 1.29 is 9.18 Å². The highest BCUT2D eigenvalue weighted by Gasteiger charge is 2.06. The Morgan fingerprint density at radius 3 is 2.57 bits per heavy atom. The van der Waals surface area contributed by atoms with Gasteiger partial charge in [0.05, 0.1) is 23.1 Å². The van der Waals surface area contributed by atoms with E-state index in [9.17, 15) is 9.18 Å². The predicted octanol–water partition coefficient (Wildman–Crippen LogP) is 3.57. The first-order valence-corrected chi connectivity index (χ1v) is 7.45. The molecule has 21 heavy (non-hydrogen) atoms. The lowest BCUT2D eigenvalue weighted by molar-refractivity contribution is -0.113. The Balaban J connectivity index is 1.79. The van der Waals surface area contributed by atoms with Gasteiger partial charge >= 0.3 is 0 Å². The van der Waals surface area contributed by atoms with Crippen LogP contribution in [0.3, 0.4) is 0 Å². The van der Waals surface area contributed by atoms with Crippen LogP contribution in [0.1, 0.15) is 11.1 Å². The quantitative estimate of drug-likeness (QED) is 0.918. The number of nitriles is 1. The molecule has 2 aromatic rings. The minimum absolute atomic E-state index is 0.196. The van der Waals surface area contributed by atoms with Gasteiger partial charge in [-0.15, -0.1) is 11.8 Å². The zero-order chi connectivity index (χ0) is 15.1. The molecule has 3 nitrogen and oxygen atoms in total. The van der Waals surface area contributed by atoms with Crippen molar-refractivity contribution in [3.05, 3.63) is 65.5 Å². The van der Waals surface area contributed by atoms with Gasteiger partial charge in [-0.25, -0.2) is 4.39 Å². The fraction of sp³-hybridized carbons (Fsp3) is 0.125. The Kier molecular flexibility index (Phi) is 5.35. The van der Waals surface area contributed by atoms with Gasteiger partial charge in [0.25, 0.3) is 0 Å². The van der Waals surface area contributed by atoms with Crippen molar-refractivity contribution in [2.75, 3.05) is 11.1 Å². The molecule has 0 radical (unpaired) electrons. The van der Waals surface area contributed by atoms with Crippen molar-refractivity contribution in [3.8, 4) is 6.07 Å². The van der Waals surface area contributed by atoms with E-state index in [4.69, 9.17) is 5.26 Å². The maximum atomic E-state index is 13.4. The third-order valence-electron chi connectivity index (χ3n) is 2.73. The van der Waals surface area contributed by atoms with Crippen LogP contribution < -0.4 is 5.32 Å². The largest absolute Gasteiger partial charge is 0.323 e. The monoisotopic (exact) mass is 300 g/mol. The minimum Gasteiger partial charge on any atom is -0.323 e. The van der Waals surface area contributed by atoms with Gasteiger partial charge in [0.1, 0.15) is 5.82 Å². The number of halogens is 1. The molecule has 0 saturated heterocycles. The van der Waals surface area contributed by atoms with Crippen molar-refractivity contribution in [1.82, 2.24) is 0 Å². The third-order valence-corrected chi connectivity index (χ3v) is 3.74. The molecule has 0 heterocycles. The van der Waals surface area contributed by atoms with Crippen molar-refractivity contribution in [2.24, 2.45) is 0 Å². The van der Waals surface area contributed by atoms with E-state index in [0.717, 1.165) is 5.56 Å². The zero-order valence-corrected chi connectivity index (χ0v) is 12.0. The summed E-state index contributed by atoms with van der Waals surface area (Å²) in [5.74, 6) is 0.228. The molecule has 0 spiro atoms. The summed E-state index contributed by atoms with van der Waals surface area (Å²) in [6, 6.07) is 15.3. The average Bonchev–Trinajstić information content (AvgIpc) is 2.50. The lowest BCUT2D eigenvalue weighted by Crippen LogP contribution is -2.15. The highest BCUT2D eigenvalue weighted by atomic mass is 32.2. The Morgan fingerprint density at radius 1 is 1.19 bits per heavy atom. The van der Waals surface area contributed by atoms with Gasteiger partial charge in [0, 0.05) is 5.75 Å². The van der Waals surface area contributed by atoms with Gasteiger partial charge in [0.2, 0.25) is 5.91 Å². The first kappa shape index (κ1) is 15.1. The Bertz CT molecular complexity index is 665. The molecule has 0 fully saturated rings.